The van der Waals surface area contributed by atoms with Gasteiger partial charge in [-0.25, -0.2) is 0 Å². The lowest BCUT2D eigenvalue weighted by atomic mass is 10.0. The fraction of sp³-hybridized carbons (Fsp3) is 0.333. The first-order chi connectivity index (χ1) is 6.84. The van der Waals surface area contributed by atoms with E-state index in [9.17, 15) is 0 Å². The molecule has 76 valence electrons. The summed E-state index contributed by atoms with van der Waals surface area (Å²) in [7, 11) is 0. The number of nitrogens with two attached hydrogens (primary N) is 1. The second kappa shape index (κ2) is 6.22. The monoisotopic (exact) mass is 190 g/mol. The SMILES string of the molecule is CC(/C=C\NCCN)=C1\C=CC=CC1. The molecule has 0 radical (unpaired) electrons. The number of hydrogen-bond donors (Lipinski definition) is 2. The molecule has 0 atom stereocenters. The summed E-state index contributed by atoms with van der Waals surface area (Å²) < 4.78 is 0. The molecule has 1 rings (SSSR count). The van der Waals surface area contributed by atoms with Gasteiger partial charge in [0.2, 0.25) is 0 Å². The summed E-state index contributed by atoms with van der Waals surface area (Å²) in [5.74, 6) is 0. The van der Waals surface area contributed by atoms with Crippen LogP contribution in [-0.4, -0.2) is 13.1 Å². The van der Waals surface area contributed by atoms with Crippen molar-refractivity contribution in [2.24, 2.45) is 5.73 Å². The summed E-state index contributed by atoms with van der Waals surface area (Å²) in [6.07, 6.45) is 13.6. The first-order valence-corrected chi connectivity index (χ1v) is 4.97. The average molecular weight is 190 g/mol. The molecule has 0 bridgehead atoms. The van der Waals surface area contributed by atoms with Crippen molar-refractivity contribution in [3.63, 3.8) is 0 Å². The van der Waals surface area contributed by atoms with Crippen molar-refractivity contribution in [1.29, 1.82) is 0 Å². The van der Waals surface area contributed by atoms with E-state index in [0.29, 0.717) is 6.54 Å². The third kappa shape index (κ3) is 3.62. The van der Waals surface area contributed by atoms with Gasteiger partial charge in [-0.05, 0) is 36.8 Å². The molecule has 0 fully saturated rings. The Labute approximate surface area is 85.9 Å². The summed E-state index contributed by atoms with van der Waals surface area (Å²) in [6, 6.07) is 0. The van der Waals surface area contributed by atoms with E-state index in [1.807, 2.05) is 6.20 Å². The minimum absolute atomic E-state index is 0.669. The first-order valence-electron chi connectivity index (χ1n) is 4.97. The second-order valence-corrected chi connectivity index (χ2v) is 3.28. The molecule has 1 aliphatic carbocycles. The standard InChI is InChI=1S/C12H18N2/c1-11(7-9-14-10-8-13)12-5-3-2-4-6-12/h2-5,7,9,14H,6,8,10,13H2,1H3/b9-7-,12-11-. The zero-order valence-corrected chi connectivity index (χ0v) is 8.66. The van der Waals surface area contributed by atoms with Crippen LogP contribution in [0.15, 0.2) is 47.7 Å². The van der Waals surface area contributed by atoms with Gasteiger partial charge in [-0.1, -0.05) is 24.3 Å². The zero-order chi connectivity index (χ0) is 10.2. The Morgan fingerprint density at radius 3 is 3.07 bits per heavy atom. The van der Waals surface area contributed by atoms with Crippen LogP contribution in [0.3, 0.4) is 0 Å². The van der Waals surface area contributed by atoms with Crippen molar-refractivity contribution in [2.45, 2.75) is 13.3 Å². The zero-order valence-electron chi connectivity index (χ0n) is 8.66. The molecule has 0 amide bonds. The summed E-state index contributed by atoms with van der Waals surface area (Å²) in [4.78, 5) is 0. The smallest absolute Gasteiger partial charge is 0.0264 e. The Morgan fingerprint density at radius 1 is 1.57 bits per heavy atom. The van der Waals surface area contributed by atoms with Crippen LogP contribution in [0.4, 0.5) is 0 Å². The van der Waals surface area contributed by atoms with Gasteiger partial charge >= 0.3 is 0 Å². The maximum Gasteiger partial charge on any atom is 0.0264 e. The van der Waals surface area contributed by atoms with Crippen LogP contribution in [0.5, 0.6) is 0 Å². The molecule has 3 N–H and O–H groups in total. The van der Waals surface area contributed by atoms with Gasteiger partial charge < -0.3 is 11.1 Å². The van der Waals surface area contributed by atoms with Gasteiger partial charge in [-0.3, -0.25) is 0 Å². The van der Waals surface area contributed by atoms with Crippen LogP contribution in [-0.2, 0) is 0 Å². The van der Waals surface area contributed by atoms with Crippen LogP contribution in [0.2, 0.25) is 0 Å². The largest absolute Gasteiger partial charge is 0.390 e. The summed E-state index contributed by atoms with van der Waals surface area (Å²) in [5, 5.41) is 3.12. The number of allylic oxidation sites excluding steroid dienone is 7. The highest BCUT2D eigenvalue weighted by molar-refractivity contribution is 5.37. The minimum atomic E-state index is 0.669. The molecule has 0 heterocycles. The second-order valence-electron chi connectivity index (χ2n) is 3.28. The summed E-state index contributed by atoms with van der Waals surface area (Å²) >= 11 is 0. The van der Waals surface area contributed by atoms with Crippen molar-refractivity contribution < 1.29 is 0 Å². The lowest BCUT2D eigenvalue weighted by Gasteiger charge is -2.05. The molecule has 2 nitrogen and oxygen atoms in total. The Hall–Kier alpha value is -1.28. The third-order valence-electron chi connectivity index (χ3n) is 2.13. The van der Waals surface area contributed by atoms with Crippen molar-refractivity contribution in [3.05, 3.63) is 47.7 Å². The van der Waals surface area contributed by atoms with Gasteiger partial charge in [-0.2, -0.15) is 0 Å². The Morgan fingerprint density at radius 2 is 2.43 bits per heavy atom. The van der Waals surface area contributed by atoms with Crippen molar-refractivity contribution in [1.82, 2.24) is 5.32 Å². The molecule has 0 saturated carbocycles. The maximum atomic E-state index is 5.36. The molecule has 0 spiro atoms. The van der Waals surface area contributed by atoms with Gasteiger partial charge in [-0.15, -0.1) is 0 Å². The predicted molar refractivity (Wildman–Crippen MR) is 61.8 cm³/mol. The molecule has 1 aliphatic rings. The molecule has 0 aromatic heterocycles. The first kappa shape index (κ1) is 10.8. The van der Waals surface area contributed by atoms with E-state index in [4.69, 9.17) is 5.73 Å². The Bertz CT molecular complexity index is 283. The third-order valence-corrected chi connectivity index (χ3v) is 2.13. The molecular weight excluding hydrogens is 172 g/mol. The highest BCUT2D eigenvalue weighted by Gasteiger charge is 1.96. The molecule has 0 aliphatic heterocycles. The van der Waals surface area contributed by atoms with E-state index in [2.05, 4.69) is 42.6 Å². The van der Waals surface area contributed by atoms with Crippen LogP contribution in [0.1, 0.15) is 13.3 Å². The lowest BCUT2D eigenvalue weighted by Crippen LogP contribution is -2.16. The van der Waals surface area contributed by atoms with E-state index in [1.54, 1.807) is 0 Å². The number of rotatable bonds is 4. The van der Waals surface area contributed by atoms with E-state index < -0.39 is 0 Å². The van der Waals surface area contributed by atoms with Crippen LogP contribution >= 0.6 is 0 Å². The lowest BCUT2D eigenvalue weighted by molar-refractivity contribution is 0.841. The fourth-order valence-electron chi connectivity index (χ4n) is 1.26. The van der Waals surface area contributed by atoms with Crippen LogP contribution in [0, 0.1) is 0 Å². The van der Waals surface area contributed by atoms with Crippen molar-refractivity contribution in [3.8, 4) is 0 Å². The molecule has 0 saturated heterocycles. The number of nitrogens with one attached hydrogen (secondary N) is 1. The predicted octanol–water partition coefficient (Wildman–Crippen LogP) is 1.88. The highest BCUT2D eigenvalue weighted by Crippen LogP contribution is 2.15. The van der Waals surface area contributed by atoms with Gasteiger partial charge in [0.05, 0.1) is 0 Å². The van der Waals surface area contributed by atoms with Crippen LogP contribution in [0.25, 0.3) is 0 Å². The summed E-state index contributed by atoms with van der Waals surface area (Å²) in [5.41, 5.74) is 8.03. The molecule has 0 aromatic rings. The quantitative estimate of drug-likeness (QED) is 0.664. The topological polar surface area (TPSA) is 38.0 Å². The average Bonchev–Trinajstić information content (AvgIpc) is 2.25. The van der Waals surface area contributed by atoms with Crippen molar-refractivity contribution >= 4 is 0 Å². The van der Waals surface area contributed by atoms with E-state index >= 15 is 0 Å². The van der Waals surface area contributed by atoms with Crippen LogP contribution < -0.4 is 11.1 Å². The molecule has 0 unspecified atom stereocenters. The molecule has 14 heavy (non-hydrogen) atoms. The molecule has 0 aromatic carbocycles. The fourth-order valence-corrected chi connectivity index (χ4v) is 1.26. The van der Waals surface area contributed by atoms with Crippen molar-refractivity contribution in [2.75, 3.05) is 13.1 Å². The van der Waals surface area contributed by atoms with E-state index in [1.165, 1.54) is 11.1 Å². The minimum Gasteiger partial charge on any atom is -0.390 e. The Balaban J connectivity index is 2.47. The van der Waals surface area contributed by atoms with Gasteiger partial charge in [0.1, 0.15) is 0 Å². The van der Waals surface area contributed by atoms with E-state index in [-0.39, 0.29) is 0 Å². The molecule has 2 heteroatoms. The summed E-state index contributed by atoms with van der Waals surface area (Å²) in [6.45, 7) is 3.62. The highest BCUT2D eigenvalue weighted by atomic mass is 14.8. The normalized spacial score (nSPS) is 19.0. The van der Waals surface area contributed by atoms with Gasteiger partial charge in [0.15, 0.2) is 0 Å². The number of hydrogen-bond acceptors (Lipinski definition) is 2. The Kier molecular flexibility index (Phi) is 4.79. The van der Waals surface area contributed by atoms with Gasteiger partial charge in [0.25, 0.3) is 0 Å². The molecular formula is C12H18N2. The maximum absolute atomic E-state index is 5.36. The van der Waals surface area contributed by atoms with E-state index in [0.717, 1.165) is 13.0 Å². The van der Waals surface area contributed by atoms with Gasteiger partial charge in [0, 0.05) is 13.1 Å².